The number of H-pyrrole nitrogens is 1. The van der Waals surface area contributed by atoms with E-state index in [1.807, 2.05) is 6.92 Å². The molecule has 0 atom stereocenters. The summed E-state index contributed by atoms with van der Waals surface area (Å²) in [5, 5.41) is 0.395. The van der Waals surface area contributed by atoms with Crippen LogP contribution in [0.25, 0.3) is 10.1 Å². The van der Waals surface area contributed by atoms with Crippen LogP contribution in [-0.4, -0.2) is 22.0 Å². The largest absolute Gasteiger partial charge is 0.383 e. The first kappa shape index (κ1) is 20.8. The van der Waals surface area contributed by atoms with Gasteiger partial charge in [-0.25, -0.2) is 9.18 Å². The van der Waals surface area contributed by atoms with Crippen LogP contribution in [0.4, 0.5) is 15.9 Å². The average Bonchev–Trinajstić information content (AvgIpc) is 3.02. The Kier molecular flexibility index (Phi) is 5.88. The predicted molar refractivity (Wildman–Crippen MR) is 115 cm³/mol. The molecule has 0 saturated heterocycles. The summed E-state index contributed by atoms with van der Waals surface area (Å²) in [5.41, 5.74) is 5.27. The van der Waals surface area contributed by atoms with E-state index < -0.39 is 23.0 Å². The standard InChI is InChI=1S/C20H23FN4O3S/c1-4-6-10-25-17(22)15(18(26)23-20(25)28)24(5-2)19(27)16-11(3)14-12(21)8-7-9-13(14)29-16/h7-9H,4-6,10,22H2,1-3H3,(H,23,26,28). The van der Waals surface area contributed by atoms with Crippen molar-refractivity contribution < 1.29 is 9.18 Å². The number of hydrogen-bond acceptors (Lipinski definition) is 5. The van der Waals surface area contributed by atoms with E-state index in [1.165, 1.54) is 15.5 Å². The summed E-state index contributed by atoms with van der Waals surface area (Å²) in [4.78, 5) is 41.8. The van der Waals surface area contributed by atoms with Gasteiger partial charge in [-0.2, -0.15) is 0 Å². The lowest BCUT2D eigenvalue weighted by molar-refractivity contribution is 0.0991. The van der Waals surface area contributed by atoms with Gasteiger partial charge >= 0.3 is 5.69 Å². The number of nitrogens with zero attached hydrogens (tertiary/aromatic N) is 2. The number of amides is 1. The first-order chi connectivity index (χ1) is 13.8. The molecule has 3 rings (SSSR count). The maximum absolute atomic E-state index is 14.2. The number of halogens is 1. The van der Waals surface area contributed by atoms with Crippen molar-refractivity contribution in [3.05, 3.63) is 55.3 Å². The van der Waals surface area contributed by atoms with Gasteiger partial charge in [-0.3, -0.25) is 19.1 Å². The molecule has 7 nitrogen and oxygen atoms in total. The van der Waals surface area contributed by atoms with Gasteiger partial charge in [-0.15, -0.1) is 11.3 Å². The Balaban J connectivity index is 2.15. The second kappa shape index (κ2) is 8.20. The maximum atomic E-state index is 14.2. The van der Waals surface area contributed by atoms with E-state index in [2.05, 4.69) is 4.98 Å². The van der Waals surface area contributed by atoms with Crippen molar-refractivity contribution in [2.75, 3.05) is 17.2 Å². The first-order valence-electron chi connectivity index (χ1n) is 9.43. The summed E-state index contributed by atoms with van der Waals surface area (Å²) >= 11 is 1.16. The van der Waals surface area contributed by atoms with Crippen molar-refractivity contribution >= 4 is 38.8 Å². The number of nitrogens with two attached hydrogens (primary N) is 1. The molecule has 0 radical (unpaired) electrons. The van der Waals surface area contributed by atoms with E-state index in [1.54, 1.807) is 26.0 Å². The highest BCUT2D eigenvalue weighted by Crippen LogP contribution is 2.34. The molecule has 3 N–H and O–H groups in total. The molecule has 0 fully saturated rings. The molecular weight excluding hydrogens is 395 g/mol. The third kappa shape index (κ3) is 3.57. The topological polar surface area (TPSA) is 101 Å². The summed E-state index contributed by atoms with van der Waals surface area (Å²) < 4.78 is 16.2. The molecule has 1 aromatic carbocycles. The zero-order chi connectivity index (χ0) is 21.3. The third-order valence-corrected chi connectivity index (χ3v) is 6.12. The molecule has 154 valence electrons. The molecule has 2 heterocycles. The van der Waals surface area contributed by atoms with Gasteiger partial charge < -0.3 is 10.6 Å². The van der Waals surface area contributed by atoms with Crippen LogP contribution in [0.1, 0.15) is 41.9 Å². The van der Waals surface area contributed by atoms with E-state index in [0.717, 1.165) is 17.8 Å². The minimum Gasteiger partial charge on any atom is -0.383 e. The SMILES string of the molecule is CCCCn1c(N)c(N(CC)C(=O)c2sc3cccc(F)c3c2C)c(=O)[nH]c1=O. The number of rotatable bonds is 6. The van der Waals surface area contributed by atoms with Crippen LogP contribution in [0, 0.1) is 12.7 Å². The Morgan fingerprint density at radius 3 is 2.66 bits per heavy atom. The van der Waals surface area contributed by atoms with Crippen molar-refractivity contribution in [2.45, 2.75) is 40.2 Å². The lowest BCUT2D eigenvalue weighted by Crippen LogP contribution is -2.41. The van der Waals surface area contributed by atoms with Crippen molar-refractivity contribution in [3.8, 4) is 0 Å². The molecule has 1 amide bonds. The normalized spacial score (nSPS) is 11.2. The Morgan fingerprint density at radius 1 is 1.31 bits per heavy atom. The number of aromatic amines is 1. The molecule has 2 aromatic heterocycles. The Bertz CT molecular complexity index is 1190. The van der Waals surface area contributed by atoms with Crippen LogP contribution >= 0.6 is 11.3 Å². The van der Waals surface area contributed by atoms with Crippen molar-refractivity contribution in [1.29, 1.82) is 0 Å². The van der Waals surface area contributed by atoms with Gasteiger partial charge in [0, 0.05) is 23.2 Å². The van der Waals surface area contributed by atoms with E-state index in [0.29, 0.717) is 33.5 Å². The predicted octanol–water partition coefficient (Wildman–Crippen LogP) is 3.25. The number of hydrogen-bond donors (Lipinski definition) is 2. The number of fused-ring (bicyclic) bond motifs is 1. The summed E-state index contributed by atoms with van der Waals surface area (Å²) in [7, 11) is 0. The van der Waals surface area contributed by atoms with Crippen LogP contribution in [-0.2, 0) is 6.54 Å². The van der Waals surface area contributed by atoms with Crippen molar-refractivity contribution in [3.63, 3.8) is 0 Å². The van der Waals surface area contributed by atoms with Gasteiger partial charge in [0.05, 0.1) is 4.88 Å². The highest BCUT2D eigenvalue weighted by atomic mass is 32.1. The second-order valence-electron chi connectivity index (χ2n) is 6.72. The lowest BCUT2D eigenvalue weighted by atomic mass is 10.1. The number of nitrogens with one attached hydrogen (secondary N) is 1. The molecule has 3 aromatic rings. The van der Waals surface area contributed by atoms with E-state index in [9.17, 15) is 18.8 Å². The second-order valence-corrected chi connectivity index (χ2v) is 7.77. The van der Waals surface area contributed by atoms with Crippen LogP contribution in [0.15, 0.2) is 27.8 Å². The molecule has 29 heavy (non-hydrogen) atoms. The van der Waals surface area contributed by atoms with Crippen LogP contribution in [0.2, 0.25) is 0 Å². The number of anilines is 2. The highest BCUT2D eigenvalue weighted by molar-refractivity contribution is 7.21. The van der Waals surface area contributed by atoms with Gasteiger partial charge in [0.25, 0.3) is 11.5 Å². The van der Waals surface area contributed by atoms with E-state index in [4.69, 9.17) is 5.73 Å². The lowest BCUT2D eigenvalue weighted by Gasteiger charge is -2.23. The smallest absolute Gasteiger partial charge is 0.330 e. The van der Waals surface area contributed by atoms with Crippen LogP contribution < -0.4 is 21.9 Å². The maximum Gasteiger partial charge on any atom is 0.330 e. The first-order valence-corrected chi connectivity index (χ1v) is 10.2. The van der Waals surface area contributed by atoms with Crippen molar-refractivity contribution in [2.24, 2.45) is 0 Å². The van der Waals surface area contributed by atoms with Crippen LogP contribution in [0.3, 0.4) is 0 Å². The fourth-order valence-electron chi connectivity index (χ4n) is 3.36. The Labute approximate surface area is 170 Å². The number of carbonyl (C=O) groups excluding carboxylic acids is 1. The molecular formula is C20H23FN4O3S. The summed E-state index contributed by atoms with van der Waals surface area (Å²) in [6, 6.07) is 4.68. The average molecular weight is 418 g/mol. The number of nitrogen functional groups attached to an aromatic ring is 1. The number of carbonyl (C=O) groups is 1. The zero-order valence-corrected chi connectivity index (χ0v) is 17.4. The fourth-order valence-corrected chi connectivity index (χ4v) is 4.53. The third-order valence-electron chi connectivity index (χ3n) is 4.88. The van der Waals surface area contributed by atoms with Gasteiger partial charge in [0.2, 0.25) is 0 Å². The number of thiophene rings is 1. The van der Waals surface area contributed by atoms with Crippen molar-refractivity contribution in [1.82, 2.24) is 9.55 Å². The number of unbranched alkanes of at least 4 members (excludes halogenated alkanes) is 1. The molecule has 0 unspecified atom stereocenters. The zero-order valence-electron chi connectivity index (χ0n) is 16.5. The summed E-state index contributed by atoms with van der Waals surface area (Å²) in [6.45, 7) is 5.86. The summed E-state index contributed by atoms with van der Waals surface area (Å²) in [5.74, 6) is -0.903. The monoisotopic (exact) mass is 418 g/mol. The van der Waals surface area contributed by atoms with E-state index in [-0.39, 0.29) is 18.1 Å². The van der Waals surface area contributed by atoms with Gasteiger partial charge in [0.1, 0.15) is 11.6 Å². The van der Waals surface area contributed by atoms with Gasteiger partial charge in [0.15, 0.2) is 5.69 Å². The van der Waals surface area contributed by atoms with E-state index >= 15 is 0 Å². The Hall–Kier alpha value is -2.94. The highest BCUT2D eigenvalue weighted by Gasteiger charge is 2.27. The minimum absolute atomic E-state index is 0.0488. The quantitative estimate of drug-likeness (QED) is 0.642. The number of benzene rings is 1. The Morgan fingerprint density at radius 2 is 2.03 bits per heavy atom. The molecule has 0 aliphatic heterocycles. The molecule has 0 aliphatic rings. The number of aryl methyl sites for hydroxylation is 1. The molecule has 0 aliphatic carbocycles. The molecule has 0 bridgehead atoms. The van der Waals surface area contributed by atoms with Gasteiger partial charge in [-0.05, 0) is 38.0 Å². The molecule has 0 saturated carbocycles. The van der Waals surface area contributed by atoms with Crippen LogP contribution in [0.5, 0.6) is 0 Å². The molecule has 0 spiro atoms. The molecule has 9 heteroatoms. The summed E-state index contributed by atoms with van der Waals surface area (Å²) in [6.07, 6.45) is 1.54. The fraction of sp³-hybridized carbons (Fsp3) is 0.350. The number of aromatic nitrogens is 2. The van der Waals surface area contributed by atoms with Gasteiger partial charge in [-0.1, -0.05) is 19.4 Å². The minimum atomic E-state index is -0.722.